The van der Waals surface area contributed by atoms with Crippen LogP contribution in [0.1, 0.15) is 5.82 Å². The number of nitrogens with one attached hydrogen (secondary N) is 1. The van der Waals surface area contributed by atoms with Crippen LogP contribution in [0, 0.1) is 0 Å². The fraction of sp³-hybridized carbons (Fsp3) is 0.136. The number of phenols is 1. The van der Waals surface area contributed by atoms with E-state index in [4.69, 9.17) is 14.7 Å². The quantitative estimate of drug-likeness (QED) is 0.423. The van der Waals surface area contributed by atoms with Crippen molar-refractivity contribution >= 4 is 22.7 Å². The van der Waals surface area contributed by atoms with Gasteiger partial charge in [0.05, 0.1) is 37.4 Å². The molecule has 10 heteroatoms. The summed E-state index contributed by atoms with van der Waals surface area (Å²) >= 11 is 0. The second kappa shape index (κ2) is 7.99. The van der Waals surface area contributed by atoms with Gasteiger partial charge >= 0.3 is 0 Å². The number of phenolic OH excluding ortho intramolecular Hbond substituents is 1. The number of ether oxygens (including phenoxy) is 1. The minimum Gasteiger partial charge on any atom is -0.508 e. The highest BCUT2D eigenvalue weighted by molar-refractivity contribution is 5.77. The summed E-state index contributed by atoms with van der Waals surface area (Å²) in [7, 11) is 3.41. The topological polar surface area (TPSA) is 118 Å². The van der Waals surface area contributed by atoms with Gasteiger partial charge in [0, 0.05) is 49.4 Å². The molecular weight excluding hydrogens is 408 g/mol. The zero-order valence-corrected chi connectivity index (χ0v) is 17.5. The second-order valence-corrected chi connectivity index (χ2v) is 7.18. The van der Waals surface area contributed by atoms with Crippen molar-refractivity contribution in [1.29, 1.82) is 0 Å². The zero-order chi connectivity index (χ0) is 22.1. The average Bonchev–Trinajstić information content (AvgIpc) is 3.48. The maximum atomic E-state index is 10.2. The Hall–Kier alpha value is -4.47. The van der Waals surface area contributed by atoms with E-state index in [1.807, 2.05) is 36.3 Å². The summed E-state index contributed by atoms with van der Waals surface area (Å²) in [6.07, 6.45) is 8.78. The number of imidazole rings is 1. The first-order valence-electron chi connectivity index (χ1n) is 9.86. The summed E-state index contributed by atoms with van der Waals surface area (Å²) in [5, 5.41) is 14.4. The molecule has 2 N–H and O–H groups in total. The van der Waals surface area contributed by atoms with Crippen molar-refractivity contribution in [2.75, 3.05) is 12.0 Å². The number of hydrogen-bond acceptors (Lipinski definition) is 8. The van der Waals surface area contributed by atoms with Gasteiger partial charge in [0.25, 0.3) is 0 Å². The molecule has 0 aliphatic heterocycles. The molecular formula is C22H20N8O2. The van der Waals surface area contributed by atoms with Gasteiger partial charge in [-0.25, -0.2) is 15.0 Å². The van der Waals surface area contributed by atoms with E-state index in [0.29, 0.717) is 40.7 Å². The number of aromatic amines is 1. The van der Waals surface area contributed by atoms with Crippen molar-refractivity contribution in [1.82, 2.24) is 34.7 Å². The van der Waals surface area contributed by atoms with Crippen LogP contribution in [0.2, 0.25) is 0 Å². The van der Waals surface area contributed by atoms with Gasteiger partial charge in [-0.2, -0.15) is 5.10 Å². The van der Waals surface area contributed by atoms with Crippen LogP contribution < -0.4 is 9.64 Å². The van der Waals surface area contributed by atoms with E-state index in [9.17, 15) is 5.11 Å². The lowest BCUT2D eigenvalue weighted by molar-refractivity contribution is 0.408. The van der Waals surface area contributed by atoms with Gasteiger partial charge in [-0.15, -0.1) is 0 Å². The van der Waals surface area contributed by atoms with Crippen LogP contribution in [-0.4, -0.2) is 46.9 Å². The molecule has 0 saturated carbocycles. The first kappa shape index (κ1) is 19.5. The van der Waals surface area contributed by atoms with Gasteiger partial charge < -0.3 is 19.7 Å². The highest BCUT2D eigenvalue weighted by atomic mass is 16.5. The van der Waals surface area contributed by atoms with E-state index in [1.165, 1.54) is 0 Å². The summed E-state index contributed by atoms with van der Waals surface area (Å²) in [4.78, 5) is 23.3. The molecule has 0 spiro atoms. The van der Waals surface area contributed by atoms with E-state index in [-0.39, 0.29) is 5.75 Å². The van der Waals surface area contributed by atoms with Crippen molar-refractivity contribution in [3.8, 4) is 22.8 Å². The molecule has 0 amide bonds. The lowest BCUT2D eigenvalue weighted by Crippen LogP contribution is -2.19. The Morgan fingerprint density at radius 1 is 1.12 bits per heavy atom. The van der Waals surface area contributed by atoms with Crippen molar-refractivity contribution in [2.24, 2.45) is 7.05 Å². The molecule has 5 aromatic rings. The molecule has 0 unspecified atom stereocenters. The molecule has 4 aromatic heterocycles. The first-order chi connectivity index (χ1) is 15.6. The maximum Gasteiger partial charge on any atom is 0.180 e. The number of fused-ring (bicyclic) bond motifs is 1. The summed E-state index contributed by atoms with van der Waals surface area (Å²) in [6.45, 7) is 0.397. The number of aryl methyl sites for hydroxylation is 1. The largest absolute Gasteiger partial charge is 0.508 e. The normalized spacial score (nSPS) is 11.1. The van der Waals surface area contributed by atoms with Crippen LogP contribution in [-0.2, 0) is 13.6 Å². The number of anilines is 2. The fourth-order valence-corrected chi connectivity index (χ4v) is 3.41. The third-order valence-corrected chi connectivity index (χ3v) is 4.96. The Morgan fingerprint density at radius 2 is 2.03 bits per heavy atom. The number of aromatic nitrogens is 7. The molecule has 0 radical (unpaired) electrons. The predicted molar refractivity (Wildman–Crippen MR) is 119 cm³/mol. The van der Waals surface area contributed by atoms with Crippen LogP contribution in [0.5, 0.6) is 11.5 Å². The average molecular weight is 428 g/mol. The molecule has 0 saturated heterocycles. The Balaban J connectivity index is 1.61. The van der Waals surface area contributed by atoms with E-state index in [1.54, 1.807) is 48.7 Å². The molecule has 5 rings (SSSR count). The van der Waals surface area contributed by atoms with Gasteiger partial charge in [-0.3, -0.25) is 9.67 Å². The van der Waals surface area contributed by atoms with Gasteiger partial charge in [-0.05, 0) is 12.1 Å². The van der Waals surface area contributed by atoms with Crippen LogP contribution in [0.4, 0.5) is 11.5 Å². The second-order valence-electron chi connectivity index (χ2n) is 7.18. The Kier molecular flexibility index (Phi) is 4.86. The van der Waals surface area contributed by atoms with Gasteiger partial charge in [0.15, 0.2) is 5.65 Å². The number of aromatic hydroxyl groups is 1. The Morgan fingerprint density at radius 3 is 2.78 bits per heavy atom. The third kappa shape index (κ3) is 3.81. The van der Waals surface area contributed by atoms with Crippen molar-refractivity contribution in [2.45, 2.75) is 6.54 Å². The molecule has 0 atom stereocenters. The van der Waals surface area contributed by atoms with Gasteiger partial charge in [0.1, 0.15) is 28.7 Å². The molecule has 1 aromatic carbocycles. The molecule has 160 valence electrons. The Labute approximate surface area is 183 Å². The number of hydrogen-bond donors (Lipinski definition) is 2. The van der Waals surface area contributed by atoms with Crippen LogP contribution >= 0.6 is 0 Å². The Bertz CT molecular complexity index is 1380. The zero-order valence-electron chi connectivity index (χ0n) is 17.5. The van der Waals surface area contributed by atoms with E-state index < -0.39 is 0 Å². The number of methoxy groups -OCH3 is 1. The number of pyridine rings is 1. The van der Waals surface area contributed by atoms with Gasteiger partial charge in [-0.1, -0.05) is 0 Å². The van der Waals surface area contributed by atoms with Crippen LogP contribution in [0.15, 0.2) is 61.3 Å². The van der Waals surface area contributed by atoms with E-state index >= 15 is 0 Å². The van der Waals surface area contributed by atoms with Gasteiger partial charge in [0.2, 0.25) is 0 Å². The lowest BCUT2D eigenvalue weighted by Gasteiger charge is -2.24. The lowest BCUT2D eigenvalue weighted by atomic mass is 10.2. The third-order valence-electron chi connectivity index (χ3n) is 4.96. The van der Waals surface area contributed by atoms with Crippen LogP contribution in [0.25, 0.3) is 22.4 Å². The van der Waals surface area contributed by atoms with Crippen LogP contribution in [0.3, 0.4) is 0 Å². The summed E-state index contributed by atoms with van der Waals surface area (Å²) in [6, 6.07) is 8.75. The summed E-state index contributed by atoms with van der Waals surface area (Å²) in [5.74, 6) is 1.98. The molecule has 0 fully saturated rings. The minimum atomic E-state index is 0.0863. The monoisotopic (exact) mass is 428 g/mol. The highest BCUT2D eigenvalue weighted by Crippen LogP contribution is 2.33. The molecule has 0 aliphatic rings. The number of benzene rings is 1. The molecule has 0 aliphatic carbocycles. The molecule has 10 nitrogen and oxygen atoms in total. The molecule has 0 bridgehead atoms. The highest BCUT2D eigenvalue weighted by Gasteiger charge is 2.17. The summed E-state index contributed by atoms with van der Waals surface area (Å²) < 4.78 is 7.05. The van der Waals surface area contributed by atoms with Crippen molar-refractivity contribution in [3.05, 3.63) is 67.1 Å². The predicted octanol–water partition coefficient (Wildman–Crippen LogP) is 3.20. The smallest absolute Gasteiger partial charge is 0.180 e. The standard InChI is InChI=1S/C22H20N8O2/c1-29-12-14(10-26-29)19-11-25-18-3-4-21(28-22(18)27-19)30(13-20-23-5-6-24-20)15-7-16(31)9-17(8-15)32-2/h3-12,31H,13H2,1-2H3,(H,23,24). The number of H-pyrrole nitrogens is 1. The van der Waals surface area contributed by atoms with Crippen molar-refractivity contribution < 1.29 is 9.84 Å². The molecule has 4 heterocycles. The minimum absolute atomic E-state index is 0.0863. The fourth-order valence-electron chi connectivity index (χ4n) is 3.41. The maximum absolute atomic E-state index is 10.2. The molecule has 32 heavy (non-hydrogen) atoms. The van der Waals surface area contributed by atoms with E-state index in [2.05, 4.69) is 20.1 Å². The van der Waals surface area contributed by atoms with Crippen molar-refractivity contribution in [3.63, 3.8) is 0 Å². The summed E-state index contributed by atoms with van der Waals surface area (Å²) in [5.41, 5.74) is 3.42. The number of rotatable bonds is 6. The van der Waals surface area contributed by atoms with E-state index in [0.717, 1.165) is 11.4 Å². The SMILES string of the molecule is COc1cc(O)cc(N(Cc2ncc[nH]2)c2ccc3ncc(-c4cnn(C)c4)nc3n2)c1. The number of nitrogens with zero attached hydrogens (tertiary/aromatic N) is 7. The first-order valence-corrected chi connectivity index (χ1v) is 9.86.